The van der Waals surface area contributed by atoms with Crippen LogP contribution in [0.5, 0.6) is 0 Å². The molecule has 0 aliphatic carbocycles. The normalized spacial score (nSPS) is 18.3. The molecule has 1 aliphatic heterocycles. The summed E-state index contributed by atoms with van der Waals surface area (Å²) in [5.74, 6) is 0. The Hall–Kier alpha value is -0.950. The highest BCUT2D eigenvalue weighted by atomic mass is 32.2. The van der Waals surface area contributed by atoms with Crippen molar-refractivity contribution in [1.29, 1.82) is 0 Å². The summed E-state index contributed by atoms with van der Waals surface area (Å²) in [6, 6.07) is 0. The quantitative estimate of drug-likeness (QED) is 0.912. The Morgan fingerprint density at radius 2 is 1.41 bits per heavy atom. The Labute approximate surface area is 133 Å². The smallest absolute Gasteiger partial charge is 0.243 e. The minimum atomic E-state index is -3.60. The average molecular weight is 327 g/mol. The molecular weight excluding hydrogens is 302 g/mol. The summed E-state index contributed by atoms with van der Waals surface area (Å²) in [4.78, 5) is 0.382. The minimum absolute atomic E-state index is 0.0774. The first-order chi connectivity index (χ1) is 10.0. The molecule has 1 fully saturated rings. The first-order valence-electron chi connectivity index (χ1n) is 7.33. The fraction of sp³-hybridized carbons (Fsp3) is 0.625. The number of β-amino-alcohol motifs (C(OH)–C–C–N with tert-alkyl or cyclic N) is 1. The molecule has 0 atom stereocenters. The van der Waals surface area contributed by atoms with Crippen LogP contribution in [0.25, 0.3) is 0 Å². The van der Waals surface area contributed by atoms with Gasteiger partial charge in [-0.3, -0.25) is 0 Å². The molecule has 1 N–H and O–H groups in total. The van der Waals surface area contributed by atoms with Crippen molar-refractivity contribution >= 4 is 10.0 Å². The first kappa shape index (κ1) is 17.4. The highest BCUT2D eigenvalue weighted by molar-refractivity contribution is 7.89. The predicted molar refractivity (Wildman–Crippen MR) is 85.7 cm³/mol. The maximum absolute atomic E-state index is 12.9. The number of nitrogens with zero attached hydrogens (tertiary/aromatic N) is 1. The van der Waals surface area contributed by atoms with E-state index < -0.39 is 15.6 Å². The summed E-state index contributed by atoms with van der Waals surface area (Å²) < 4.78 is 32.2. The summed E-state index contributed by atoms with van der Waals surface area (Å²) in [5, 5.41) is 10.2. The second-order valence-corrected chi connectivity index (χ2v) is 8.26. The number of hydrogen-bond acceptors (Lipinski definition) is 4. The number of aliphatic hydroxyl groups is 1. The van der Waals surface area contributed by atoms with Gasteiger partial charge in [0.2, 0.25) is 10.0 Å². The van der Waals surface area contributed by atoms with Gasteiger partial charge in [-0.15, -0.1) is 0 Å². The molecular formula is C16H25NO4S. The van der Waals surface area contributed by atoms with Gasteiger partial charge in [-0.2, -0.15) is 4.31 Å². The van der Waals surface area contributed by atoms with E-state index in [4.69, 9.17) is 4.74 Å². The molecule has 2 rings (SSSR count). The lowest BCUT2D eigenvalue weighted by Crippen LogP contribution is -2.65. The SMILES string of the molecule is COCC1(O)CN(S(=O)(=O)c2c(C)c(C)c(C)c(C)c2C)C1. The Bertz CT molecular complexity index is 674. The van der Waals surface area contributed by atoms with Crippen LogP contribution in [-0.2, 0) is 14.8 Å². The molecule has 1 aliphatic rings. The van der Waals surface area contributed by atoms with Gasteiger partial charge in [-0.05, 0) is 62.4 Å². The van der Waals surface area contributed by atoms with Crippen LogP contribution in [0.15, 0.2) is 4.90 Å². The van der Waals surface area contributed by atoms with Crippen molar-refractivity contribution < 1.29 is 18.3 Å². The fourth-order valence-electron chi connectivity index (χ4n) is 3.12. The zero-order valence-electron chi connectivity index (χ0n) is 14.1. The third kappa shape index (κ3) is 2.58. The molecule has 0 amide bonds. The summed E-state index contributed by atoms with van der Waals surface area (Å²) >= 11 is 0. The number of hydrogen-bond donors (Lipinski definition) is 1. The van der Waals surface area contributed by atoms with Crippen LogP contribution in [0.3, 0.4) is 0 Å². The van der Waals surface area contributed by atoms with Crippen LogP contribution in [0.1, 0.15) is 27.8 Å². The largest absolute Gasteiger partial charge is 0.385 e. The molecule has 1 aromatic rings. The third-order valence-corrected chi connectivity index (χ3v) is 6.95. The lowest BCUT2D eigenvalue weighted by Gasteiger charge is -2.45. The van der Waals surface area contributed by atoms with Crippen molar-refractivity contribution in [1.82, 2.24) is 4.31 Å². The highest BCUT2D eigenvalue weighted by Gasteiger charge is 2.48. The Morgan fingerprint density at radius 1 is 1.00 bits per heavy atom. The molecule has 22 heavy (non-hydrogen) atoms. The minimum Gasteiger partial charge on any atom is -0.385 e. The first-order valence-corrected chi connectivity index (χ1v) is 8.77. The summed E-state index contributed by atoms with van der Waals surface area (Å²) in [6.07, 6.45) is 0. The third-order valence-electron chi connectivity index (χ3n) is 4.88. The van der Waals surface area contributed by atoms with E-state index in [2.05, 4.69) is 0 Å². The molecule has 5 nitrogen and oxygen atoms in total. The van der Waals surface area contributed by atoms with Gasteiger partial charge in [-0.1, -0.05) is 0 Å². The monoisotopic (exact) mass is 327 g/mol. The Balaban J connectivity index is 2.45. The van der Waals surface area contributed by atoms with Crippen molar-refractivity contribution in [2.45, 2.75) is 45.1 Å². The van der Waals surface area contributed by atoms with Crippen LogP contribution >= 0.6 is 0 Å². The lowest BCUT2D eigenvalue weighted by molar-refractivity contribution is -0.103. The van der Waals surface area contributed by atoms with Crippen molar-refractivity contribution in [3.05, 3.63) is 27.8 Å². The van der Waals surface area contributed by atoms with E-state index in [1.165, 1.54) is 11.4 Å². The van der Waals surface area contributed by atoms with Gasteiger partial charge in [-0.25, -0.2) is 8.42 Å². The molecule has 1 aromatic carbocycles. The number of benzene rings is 1. The van der Waals surface area contributed by atoms with Crippen molar-refractivity contribution in [2.24, 2.45) is 0 Å². The Kier molecular flexibility index (Phi) is 4.43. The number of rotatable bonds is 4. The number of sulfonamides is 1. The van der Waals surface area contributed by atoms with E-state index in [1.54, 1.807) is 0 Å². The van der Waals surface area contributed by atoms with Gasteiger partial charge in [0.25, 0.3) is 0 Å². The van der Waals surface area contributed by atoms with Crippen molar-refractivity contribution in [3.63, 3.8) is 0 Å². The summed E-state index contributed by atoms with van der Waals surface area (Å²) in [7, 11) is -2.10. The van der Waals surface area contributed by atoms with Crippen LogP contribution < -0.4 is 0 Å². The van der Waals surface area contributed by atoms with Crippen LogP contribution in [0.4, 0.5) is 0 Å². The lowest BCUT2D eigenvalue weighted by atomic mass is 9.95. The van der Waals surface area contributed by atoms with E-state index >= 15 is 0 Å². The fourth-order valence-corrected chi connectivity index (χ4v) is 5.28. The predicted octanol–water partition coefficient (Wildman–Crippen LogP) is 1.61. The van der Waals surface area contributed by atoms with Crippen LogP contribution in [0.2, 0.25) is 0 Å². The topological polar surface area (TPSA) is 66.8 Å². The van der Waals surface area contributed by atoms with Crippen molar-refractivity contribution in [3.8, 4) is 0 Å². The van der Waals surface area contributed by atoms with Crippen LogP contribution in [-0.4, -0.2) is 50.2 Å². The maximum Gasteiger partial charge on any atom is 0.243 e. The summed E-state index contributed by atoms with van der Waals surface area (Å²) in [5.41, 5.74) is 3.67. The Morgan fingerprint density at radius 3 is 1.82 bits per heavy atom. The molecule has 0 radical (unpaired) electrons. The van der Waals surface area contributed by atoms with E-state index in [-0.39, 0.29) is 19.7 Å². The van der Waals surface area contributed by atoms with Gasteiger partial charge in [0, 0.05) is 20.2 Å². The molecule has 0 aromatic heterocycles. The molecule has 1 heterocycles. The van der Waals surface area contributed by atoms with Gasteiger partial charge >= 0.3 is 0 Å². The van der Waals surface area contributed by atoms with E-state index in [0.29, 0.717) is 4.90 Å². The van der Waals surface area contributed by atoms with Crippen LogP contribution in [0, 0.1) is 34.6 Å². The standard InChI is InChI=1S/C16H25NO4S/c1-10-11(2)13(4)15(14(5)12(10)3)22(19,20)17-7-16(18,8-17)9-21-6/h18H,7-9H2,1-6H3. The van der Waals surface area contributed by atoms with Gasteiger partial charge in [0.15, 0.2) is 0 Å². The number of methoxy groups -OCH3 is 1. The molecule has 0 bridgehead atoms. The zero-order chi connectivity index (χ0) is 16.9. The molecule has 0 spiro atoms. The maximum atomic E-state index is 12.9. The van der Waals surface area contributed by atoms with Crippen molar-refractivity contribution in [2.75, 3.05) is 26.8 Å². The second kappa shape index (κ2) is 5.60. The van der Waals surface area contributed by atoms with E-state index in [9.17, 15) is 13.5 Å². The van der Waals surface area contributed by atoms with Gasteiger partial charge < -0.3 is 9.84 Å². The van der Waals surface area contributed by atoms with Gasteiger partial charge in [0.05, 0.1) is 11.5 Å². The number of ether oxygens (including phenoxy) is 1. The second-order valence-electron chi connectivity index (χ2n) is 6.38. The van der Waals surface area contributed by atoms with E-state index in [0.717, 1.165) is 27.8 Å². The average Bonchev–Trinajstić information content (AvgIpc) is 2.40. The molecule has 1 saturated heterocycles. The molecule has 124 valence electrons. The summed E-state index contributed by atoms with van der Waals surface area (Å²) in [6.45, 7) is 9.92. The van der Waals surface area contributed by atoms with Gasteiger partial charge in [0.1, 0.15) is 5.60 Å². The van der Waals surface area contributed by atoms with E-state index in [1.807, 2.05) is 34.6 Å². The molecule has 6 heteroatoms. The molecule has 0 unspecified atom stereocenters. The zero-order valence-corrected chi connectivity index (χ0v) is 15.0. The highest BCUT2D eigenvalue weighted by Crippen LogP contribution is 2.35. The molecule has 0 saturated carbocycles.